The molecule has 0 saturated carbocycles. The highest BCUT2D eigenvalue weighted by Gasteiger charge is 2.26. The molecule has 0 fully saturated rings. The smallest absolute Gasteiger partial charge is 0.345 e. The van der Waals surface area contributed by atoms with Crippen LogP contribution in [0.15, 0.2) is 11.0 Å². The van der Waals surface area contributed by atoms with Crippen LogP contribution in [0.3, 0.4) is 0 Å². The van der Waals surface area contributed by atoms with Crippen LogP contribution in [0.5, 0.6) is 0 Å². The molecule has 1 atom stereocenters. The van der Waals surface area contributed by atoms with Gasteiger partial charge in [-0.15, -0.1) is 23.1 Å². The molecule has 2 rings (SSSR count). The van der Waals surface area contributed by atoms with Crippen molar-refractivity contribution >= 4 is 40.0 Å². The summed E-state index contributed by atoms with van der Waals surface area (Å²) in [4.78, 5) is 23.0. The monoisotopic (exact) mass is 229 g/mol. The van der Waals surface area contributed by atoms with Crippen molar-refractivity contribution in [3.63, 3.8) is 0 Å². The summed E-state index contributed by atoms with van der Waals surface area (Å²) in [5, 5.41) is 11.9. The Morgan fingerprint density at radius 2 is 2.36 bits per heavy atom. The highest BCUT2D eigenvalue weighted by molar-refractivity contribution is 8.01. The van der Waals surface area contributed by atoms with Crippen LogP contribution in [0.25, 0.3) is 0 Å². The van der Waals surface area contributed by atoms with Gasteiger partial charge in [0.15, 0.2) is 0 Å². The summed E-state index contributed by atoms with van der Waals surface area (Å²) in [5.41, 5.74) is 0. The van der Waals surface area contributed by atoms with E-state index in [9.17, 15) is 9.59 Å². The van der Waals surface area contributed by atoms with Crippen molar-refractivity contribution in [1.29, 1.82) is 0 Å². The van der Waals surface area contributed by atoms with Gasteiger partial charge >= 0.3 is 5.97 Å². The van der Waals surface area contributed by atoms with E-state index in [1.54, 1.807) is 13.0 Å². The van der Waals surface area contributed by atoms with Crippen LogP contribution in [-0.2, 0) is 4.79 Å². The fourth-order valence-electron chi connectivity index (χ4n) is 1.11. The maximum atomic E-state index is 11.3. The van der Waals surface area contributed by atoms with Crippen molar-refractivity contribution in [3.05, 3.63) is 10.9 Å². The molecule has 1 unspecified atom stereocenters. The number of aromatic carboxylic acids is 1. The molecule has 1 aromatic rings. The molecule has 4 nitrogen and oxygen atoms in total. The van der Waals surface area contributed by atoms with Gasteiger partial charge in [0.2, 0.25) is 5.91 Å². The van der Waals surface area contributed by atoms with Gasteiger partial charge in [0.25, 0.3) is 0 Å². The van der Waals surface area contributed by atoms with E-state index >= 15 is 0 Å². The quantitative estimate of drug-likeness (QED) is 0.771. The van der Waals surface area contributed by atoms with Crippen LogP contribution < -0.4 is 5.32 Å². The van der Waals surface area contributed by atoms with Crippen LogP contribution in [-0.4, -0.2) is 22.2 Å². The summed E-state index contributed by atoms with van der Waals surface area (Å²) in [7, 11) is 0. The number of carbonyl (C=O) groups is 2. The number of rotatable bonds is 1. The lowest BCUT2D eigenvalue weighted by Crippen LogP contribution is -2.25. The standard InChI is InChI=1S/C8H7NO3S2/c1-3-6(10)9-7-4(13-3)2-5(14-7)8(11)12/h2-3H,1H3,(H,9,10)(H,11,12). The molecule has 1 aliphatic heterocycles. The zero-order chi connectivity index (χ0) is 10.3. The van der Waals surface area contributed by atoms with Gasteiger partial charge in [0, 0.05) is 4.90 Å². The van der Waals surface area contributed by atoms with Gasteiger partial charge in [-0.3, -0.25) is 4.79 Å². The van der Waals surface area contributed by atoms with Gasteiger partial charge in [-0.1, -0.05) is 0 Å². The topological polar surface area (TPSA) is 66.4 Å². The first-order valence-electron chi connectivity index (χ1n) is 3.92. The average Bonchev–Trinajstić information content (AvgIpc) is 2.48. The molecule has 1 aliphatic rings. The van der Waals surface area contributed by atoms with Gasteiger partial charge in [-0.05, 0) is 13.0 Å². The molecule has 1 aromatic heterocycles. The minimum Gasteiger partial charge on any atom is -0.477 e. The lowest BCUT2D eigenvalue weighted by molar-refractivity contribution is -0.115. The third kappa shape index (κ3) is 1.51. The normalized spacial score (nSPS) is 20.1. The largest absolute Gasteiger partial charge is 0.477 e. The Morgan fingerprint density at radius 1 is 1.64 bits per heavy atom. The summed E-state index contributed by atoms with van der Waals surface area (Å²) in [6.07, 6.45) is 0. The third-order valence-corrected chi connectivity index (χ3v) is 4.13. The Hall–Kier alpha value is -1.01. The van der Waals surface area contributed by atoms with Gasteiger partial charge < -0.3 is 10.4 Å². The summed E-state index contributed by atoms with van der Waals surface area (Å²) in [6.45, 7) is 1.79. The number of fused-ring (bicyclic) bond motifs is 1. The first kappa shape index (κ1) is 9.54. The Kier molecular flexibility index (Phi) is 2.24. The molecule has 0 spiro atoms. The minimum absolute atomic E-state index is 0.0683. The Morgan fingerprint density at radius 3 is 3.00 bits per heavy atom. The molecule has 0 radical (unpaired) electrons. The van der Waals surface area contributed by atoms with Gasteiger partial charge in [-0.2, -0.15) is 0 Å². The molecule has 0 aliphatic carbocycles. The summed E-state index contributed by atoms with van der Waals surface area (Å²) >= 11 is 2.49. The van der Waals surface area contributed by atoms with Crippen molar-refractivity contribution in [3.8, 4) is 0 Å². The zero-order valence-electron chi connectivity index (χ0n) is 7.23. The van der Waals surface area contributed by atoms with Crippen molar-refractivity contribution in [2.45, 2.75) is 17.1 Å². The second-order valence-electron chi connectivity index (χ2n) is 2.86. The maximum Gasteiger partial charge on any atom is 0.345 e. The number of carboxylic acid groups (broad SMARTS) is 1. The number of nitrogens with one attached hydrogen (secondary N) is 1. The number of anilines is 1. The number of amides is 1. The lowest BCUT2D eigenvalue weighted by atomic mass is 10.4. The van der Waals surface area contributed by atoms with E-state index in [0.717, 1.165) is 16.2 Å². The van der Waals surface area contributed by atoms with Crippen molar-refractivity contribution < 1.29 is 14.7 Å². The SMILES string of the molecule is CC1Sc2cc(C(=O)O)sc2NC1=O. The van der Waals surface area contributed by atoms with Crippen molar-refractivity contribution in [2.24, 2.45) is 0 Å². The van der Waals surface area contributed by atoms with Crippen LogP contribution in [0.1, 0.15) is 16.6 Å². The van der Waals surface area contributed by atoms with Crippen LogP contribution in [0.2, 0.25) is 0 Å². The van der Waals surface area contributed by atoms with Gasteiger partial charge in [-0.25, -0.2) is 4.79 Å². The molecule has 0 bridgehead atoms. The number of hydrogen-bond donors (Lipinski definition) is 2. The van der Waals surface area contributed by atoms with E-state index in [1.165, 1.54) is 11.8 Å². The van der Waals surface area contributed by atoms with E-state index in [2.05, 4.69) is 5.32 Å². The van der Waals surface area contributed by atoms with E-state index in [1.807, 2.05) is 0 Å². The number of carbonyl (C=O) groups excluding carboxylic acids is 1. The summed E-state index contributed by atoms with van der Waals surface area (Å²) < 4.78 is 0. The molecule has 6 heteroatoms. The van der Waals surface area contributed by atoms with Crippen LogP contribution in [0, 0.1) is 0 Å². The third-order valence-electron chi connectivity index (χ3n) is 1.82. The van der Waals surface area contributed by atoms with Crippen molar-refractivity contribution in [2.75, 3.05) is 5.32 Å². The van der Waals surface area contributed by atoms with Gasteiger partial charge in [0.1, 0.15) is 9.88 Å². The predicted octanol–water partition coefficient (Wildman–Crippen LogP) is 1.88. The Balaban J connectivity index is 2.38. The number of hydrogen-bond acceptors (Lipinski definition) is 4. The zero-order valence-corrected chi connectivity index (χ0v) is 8.87. The second kappa shape index (κ2) is 3.29. The summed E-state index contributed by atoms with van der Waals surface area (Å²) in [6, 6.07) is 1.60. The molecule has 1 amide bonds. The van der Waals surface area contributed by atoms with E-state index in [4.69, 9.17) is 5.11 Å². The number of carboxylic acids is 1. The second-order valence-corrected chi connectivity index (χ2v) is 5.29. The lowest BCUT2D eigenvalue weighted by Gasteiger charge is -2.17. The molecular weight excluding hydrogens is 222 g/mol. The first-order chi connectivity index (χ1) is 6.58. The van der Waals surface area contributed by atoms with Crippen LogP contribution in [0.4, 0.5) is 5.00 Å². The fourth-order valence-corrected chi connectivity index (χ4v) is 3.14. The number of thiophene rings is 1. The highest BCUT2D eigenvalue weighted by Crippen LogP contribution is 2.41. The molecule has 74 valence electrons. The molecular formula is C8H7NO3S2. The number of thioether (sulfide) groups is 1. The molecule has 0 aromatic carbocycles. The predicted molar refractivity (Wildman–Crippen MR) is 55.2 cm³/mol. The van der Waals surface area contributed by atoms with E-state index in [-0.39, 0.29) is 16.0 Å². The fraction of sp³-hybridized carbons (Fsp3) is 0.250. The Labute approximate surface area is 88.3 Å². The highest BCUT2D eigenvalue weighted by atomic mass is 32.2. The molecule has 14 heavy (non-hydrogen) atoms. The minimum atomic E-state index is -0.952. The van der Waals surface area contributed by atoms with Crippen LogP contribution >= 0.6 is 23.1 Å². The first-order valence-corrected chi connectivity index (χ1v) is 5.62. The average molecular weight is 229 g/mol. The van der Waals surface area contributed by atoms with E-state index < -0.39 is 5.97 Å². The van der Waals surface area contributed by atoms with Crippen molar-refractivity contribution in [1.82, 2.24) is 0 Å². The maximum absolute atomic E-state index is 11.3. The van der Waals surface area contributed by atoms with Gasteiger partial charge in [0.05, 0.1) is 5.25 Å². The Bertz CT molecular complexity index is 413. The molecule has 2 heterocycles. The summed E-state index contributed by atoms with van der Waals surface area (Å²) in [5.74, 6) is -1.02. The molecule has 2 N–H and O–H groups in total. The van der Waals surface area contributed by atoms with E-state index in [0.29, 0.717) is 5.00 Å². The molecule has 0 saturated heterocycles.